The summed E-state index contributed by atoms with van der Waals surface area (Å²) >= 11 is 5.35. The lowest BCUT2D eigenvalue weighted by Gasteiger charge is -2.15. The highest BCUT2D eigenvalue weighted by Crippen LogP contribution is 2.24. The van der Waals surface area contributed by atoms with E-state index in [1.807, 2.05) is 0 Å². The second kappa shape index (κ2) is 8.23. The first-order chi connectivity index (χ1) is 7.77. The average molecular weight is 305 g/mol. The van der Waals surface area contributed by atoms with Crippen molar-refractivity contribution in [2.45, 2.75) is 51.5 Å². The lowest BCUT2D eigenvalue weighted by Crippen LogP contribution is -2.36. The highest BCUT2D eigenvalue weighted by atomic mass is 79.9. The van der Waals surface area contributed by atoms with Crippen molar-refractivity contribution in [1.29, 1.82) is 0 Å². The van der Waals surface area contributed by atoms with Gasteiger partial charge in [-0.15, -0.1) is 11.3 Å². The molecule has 1 unspecified atom stereocenters. The summed E-state index contributed by atoms with van der Waals surface area (Å²) in [6, 6.07) is 2.51. The summed E-state index contributed by atoms with van der Waals surface area (Å²) in [5.41, 5.74) is 2.93. The molecule has 0 aromatic carbocycles. The van der Waals surface area contributed by atoms with E-state index in [-0.39, 0.29) is 0 Å². The molecule has 4 heteroatoms. The van der Waals surface area contributed by atoms with Crippen LogP contribution in [0.25, 0.3) is 0 Å². The Hall–Kier alpha value is 0.1000. The molecule has 1 heterocycles. The predicted molar refractivity (Wildman–Crippen MR) is 75.6 cm³/mol. The van der Waals surface area contributed by atoms with Crippen molar-refractivity contribution < 1.29 is 0 Å². The molecule has 0 saturated heterocycles. The summed E-state index contributed by atoms with van der Waals surface area (Å²) in [6.07, 6.45) is 7.41. The zero-order valence-electron chi connectivity index (χ0n) is 9.84. The van der Waals surface area contributed by atoms with Gasteiger partial charge in [-0.3, -0.25) is 11.3 Å². The summed E-state index contributed by atoms with van der Waals surface area (Å²) < 4.78 is 1.21. The van der Waals surface area contributed by atoms with Crippen molar-refractivity contribution >= 4 is 27.3 Å². The monoisotopic (exact) mass is 304 g/mol. The molecular formula is C12H21BrN2S. The van der Waals surface area contributed by atoms with Crippen molar-refractivity contribution in [3.8, 4) is 0 Å². The molecule has 1 atom stereocenters. The summed E-state index contributed by atoms with van der Waals surface area (Å²) in [4.78, 5) is 1.39. The van der Waals surface area contributed by atoms with Crippen LogP contribution in [0.4, 0.5) is 0 Å². The van der Waals surface area contributed by atoms with Gasteiger partial charge in [-0.2, -0.15) is 0 Å². The molecule has 3 N–H and O–H groups in total. The van der Waals surface area contributed by atoms with Gasteiger partial charge >= 0.3 is 0 Å². The van der Waals surface area contributed by atoms with Crippen LogP contribution in [0.15, 0.2) is 15.9 Å². The molecule has 0 aliphatic carbocycles. The largest absolute Gasteiger partial charge is 0.271 e. The van der Waals surface area contributed by atoms with Gasteiger partial charge in [-0.25, -0.2) is 0 Å². The summed E-state index contributed by atoms with van der Waals surface area (Å²) in [5, 5.41) is 2.12. The van der Waals surface area contributed by atoms with Crippen LogP contribution < -0.4 is 11.3 Å². The number of unbranched alkanes of at least 4 members (excludes halogenated alkanes) is 3. The van der Waals surface area contributed by atoms with E-state index in [0.717, 1.165) is 6.42 Å². The number of hydrazine groups is 1. The van der Waals surface area contributed by atoms with Crippen LogP contribution in [-0.4, -0.2) is 6.04 Å². The van der Waals surface area contributed by atoms with Crippen LogP contribution in [0.1, 0.15) is 43.9 Å². The smallest absolute Gasteiger partial charge is 0.0314 e. The Morgan fingerprint density at radius 1 is 1.44 bits per heavy atom. The Morgan fingerprint density at radius 2 is 2.25 bits per heavy atom. The van der Waals surface area contributed by atoms with E-state index in [0.29, 0.717) is 6.04 Å². The number of hydrogen-bond acceptors (Lipinski definition) is 3. The van der Waals surface area contributed by atoms with Gasteiger partial charge in [0.25, 0.3) is 0 Å². The van der Waals surface area contributed by atoms with Crippen LogP contribution in [0.5, 0.6) is 0 Å². The summed E-state index contributed by atoms with van der Waals surface area (Å²) in [7, 11) is 0. The minimum absolute atomic E-state index is 0.409. The van der Waals surface area contributed by atoms with Gasteiger partial charge in [0.1, 0.15) is 0 Å². The SMILES string of the molecule is CCCCCCC(Cc1sccc1Br)NN. The molecule has 92 valence electrons. The van der Waals surface area contributed by atoms with E-state index in [1.165, 1.54) is 41.5 Å². The molecule has 0 bridgehead atoms. The number of thiophene rings is 1. The van der Waals surface area contributed by atoms with Crippen LogP contribution in [0, 0.1) is 0 Å². The molecule has 0 amide bonds. The number of hydrogen-bond donors (Lipinski definition) is 2. The maximum absolute atomic E-state index is 5.59. The van der Waals surface area contributed by atoms with Gasteiger partial charge in [-0.05, 0) is 40.2 Å². The van der Waals surface area contributed by atoms with Gasteiger partial charge in [0.15, 0.2) is 0 Å². The maximum atomic E-state index is 5.59. The van der Waals surface area contributed by atoms with E-state index in [1.54, 1.807) is 11.3 Å². The van der Waals surface area contributed by atoms with Crippen LogP contribution in [0.3, 0.4) is 0 Å². The highest BCUT2D eigenvalue weighted by Gasteiger charge is 2.10. The van der Waals surface area contributed by atoms with Gasteiger partial charge in [0.2, 0.25) is 0 Å². The van der Waals surface area contributed by atoms with Crippen LogP contribution in [0.2, 0.25) is 0 Å². The molecule has 0 fully saturated rings. The maximum Gasteiger partial charge on any atom is 0.0314 e. The molecule has 0 aliphatic rings. The third-order valence-corrected chi connectivity index (χ3v) is 4.71. The second-order valence-corrected chi connectivity index (χ2v) is 5.96. The van der Waals surface area contributed by atoms with Crippen molar-refractivity contribution in [2.75, 3.05) is 0 Å². The van der Waals surface area contributed by atoms with Gasteiger partial charge < -0.3 is 0 Å². The van der Waals surface area contributed by atoms with E-state index < -0.39 is 0 Å². The van der Waals surface area contributed by atoms with Crippen molar-refractivity contribution in [1.82, 2.24) is 5.43 Å². The molecule has 0 spiro atoms. The third-order valence-electron chi connectivity index (χ3n) is 2.76. The first-order valence-corrected chi connectivity index (χ1v) is 7.63. The molecule has 16 heavy (non-hydrogen) atoms. The molecule has 2 nitrogen and oxygen atoms in total. The predicted octanol–water partition coefficient (Wildman–Crippen LogP) is 3.86. The van der Waals surface area contributed by atoms with Crippen molar-refractivity contribution in [3.63, 3.8) is 0 Å². The standard InChI is InChI=1S/C12H21BrN2S/c1-2-3-4-5-6-10(15-14)9-12-11(13)7-8-16-12/h7-8,10,15H,2-6,9,14H2,1H3. The van der Waals surface area contributed by atoms with Gasteiger partial charge in [-0.1, -0.05) is 32.6 Å². The molecular weight excluding hydrogens is 284 g/mol. The lowest BCUT2D eigenvalue weighted by atomic mass is 10.0. The van der Waals surface area contributed by atoms with E-state index in [4.69, 9.17) is 5.84 Å². The summed E-state index contributed by atoms with van der Waals surface area (Å²) in [6.45, 7) is 2.24. The van der Waals surface area contributed by atoms with E-state index in [9.17, 15) is 0 Å². The Morgan fingerprint density at radius 3 is 2.81 bits per heavy atom. The lowest BCUT2D eigenvalue weighted by molar-refractivity contribution is 0.465. The fourth-order valence-corrected chi connectivity index (χ4v) is 3.35. The highest BCUT2D eigenvalue weighted by molar-refractivity contribution is 9.10. The van der Waals surface area contributed by atoms with Crippen molar-refractivity contribution in [3.05, 3.63) is 20.8 Å². The Balaban J connectivity index is 2.29. The first-order valence-electron chi connectivity index (χ1n) is 5.96. The molecule has 0 radical (unpaired) electrons. The average Bonchev–Trinajstić information content (AvgIpc) is 2.68. The summed E-state index contributed by atoms with van der Waals surface area (Å²) in [5.74, 6) is 5.59. The Kier molecular flexibility index (Phi) is 7.28. The fourth-order valence-electron chi connectivity index (χ4n) is 1.76. The Labute approximate surface area is 111 Å². The topological polar surface area (TPSA) is 38.0 Å². The van der Waals surface area contributed by atoms with E-state index in [2.05, 4.69) is 39.7 Å². The molecule has 1 rings (SSSR count). The minimum Gasteiger partial charge on any atom is -0.271 e. The van der Waals surface area contributed by atoms with Gasteiger partial charge in [0, 0.05) is 15.4 Å². The van der Waals surface area contributed by atoms with Gasteiger partial charge in [0.05, 0.1) is 0 Å². The van der Waals surface area contributed by atoms with Crippen molar-refractivity contribution in [2.24, 2.45) is 5.84 Å². The van der Waals surface area contributed by atoms with Crippen LogP contribution >= 0.6 is 27.3 Å². The minimum atomic E-state index is 0.409. The molecule has 1 aromatic rings. The fraction of sp³-hybridized carbons (Fsp3) is 0.667. The number of rotatable bonds is 8. The Bertz CT molecular complexity index is 288. The molecule has 1 aromatic heterocycles. The van der Waals surface area contributed by atoms with E-state index >= 15 is 0 Å². The normalized spacial score (nSPS) is 12.9. The molecule has 0 saturated carbocycles. The number of nitrogens with two attached hydrogens (primary N) is 1. The second-order valence-electron chi connectivity index (χ2n) is 4.11. The zero-order chi connectivity index (χ0) is 11.8. The quantitative estimate of drug-likeness (QED) is 0.435. The first kappa shape index (κ1) is 14.2. The van der Waals surface area contributed by atoms with Crippen LogP contribution in [-0.2, 0) is 6.42 Å². The molecule has 0 aliphatic heterocycles. The number of nitrogens with one attached hydrogen (secondary N) is 1. The zero-order valence-corrected chi connectivity index (χ0v) is 12.2. The third kappa shape index (κ3) is 4.95. The number of halogens is 1.